The predicted octanol–water partition coefficient (Wildman–Crippen LogP) is 5.07. The van der Waals surface area contributed by atoms with Gasteiger partial charge < -0.3 is 4.90 Å². The van der Waals surface area contributed by atoms with E-state index in [9.17, 15) is 0 Å². The fraction of sp³-hybridized carbons (Fsp3) is 0.0667. The molecule has 1 nitrogen and oxygen atoms in total. The molecule has 2 aromatic carbocycles. The van der Waals surface area contributed by atoms with Gasteiger partial charge in [-0.05, 0) is 23.3 Å². The van der Waals surface area contributed by atoms with Crippen molar-refractivity contribution in [2.45, 2.75) is 4.96 Å². The SMILES string of the molecule is ClC(Cl)N1c2ccccc2C=Cc2ccccc21. The molecule has 0 bridgehead atoms. The molecule has 0 aliphatic carbocycles. The molecule has 1 heterocycles. The van der Waals surface area contributed by atoms with Crippen LogP contribution in [0.2, 0.25) is 0 Å². The van der Waals surface area contributed by atoms with Crippen LogP contribution in [0.15, 0.2) is 48.5 Å². The Bertz CT molecular complexity index is 555. The molecule has 0 amide bonds. The van der Waals surface area contributed by atoms with E-state index < -0.39 is 4.96 Å². The smallest absolute Gasteiger partial charge is 0.184 e. The number of para-hydroxylation sites is 2. The molecule has 0 fully saturated rings. The molecule has 0 aromatic heterocycles. The second kappa shape index (κ2) is 4.68. The van der Waals surface area contributed by atoms with Gasteiger partial charge in [0.25, 0.3) is 0 Å². The zero-order valence-corrected chi connectivity index (χ0v) is 11.1. The molecule has 0 radical (unpaired) electrons. The molecule has 2 aromatic rings. The fourth-order valence-corrected chi connectivity index (χ4v) is 2.64. The summed E-state index contributed by atoms with van der Waals surface area (Å²) in [6, 6.07) is 16.2. The number of rotatable bonds is 1. The number of nitrogens with zero attached hydrogens (tertiary/aromatic N) is 1. The van der Waals surface area contributed by atoms with Crippen LogP contribution < -0.4 is 4.90 Å². The van der Waals surface area contributed by atoms with Crippen molar-refractivity contribution in [2.24, 2.45) is 0 Å². The Morgan fingerprint density at radius 3 is 1.61 bits per heavy atom. The maximum Gasteiger partial charge on any atom is 0.184 e. The van der Waals surface area contributed by atoms with Gasteiger partial charge in [-0.1, -0.05) is 71.8 Å². The van der Waals surface area contributed by atoms with Crippen LogP contribution in [0, 0.1) is 0 Å². The van der Waals surface area contributed by atoms with E-state index >= 15 is 0 Å². The minimum absolute atomic E-state index is 0.618. The quantitative estimate of drug-likeness (QED) is 0.519. The molecule has 18 heavy (non-hydrogen) atoms. The molecule has 0 saturated heterocycles. The predicted molar refractivity (Wildman–Crippen MR) is 79.4 cm³/mol. The standard InChI is InChI=1S/C15H11Cl2N/c16-15(17)18-13-7-3-1-5-11(13)9-10-12-6-2-4-8-14(12)18/h1-10,15H. The van der Waals surface area contributed by atoms with Crippen molar-refractivity contribution in [1.29, 1.82) is 0 Å². The number of hydrogen-bond donors (Lipinski definition) is 0. The molecule has 0 atom stereocenters. The van der Waals surface area contributed by atoms with Gasteiger partial charge in [-0.25, -0.2) is 0 Å². The molecule has 0 unspecified atom stereocenters. The van der Waals surface area contributed by atoms with Crippen LogP contribution >= 0.6 is 23.2 Å². The topological polar surface area (TPSA) is 3.24 Å². The third-order valence-electron chi connectivity index (χ3n) is 3.03. The first-order valence-corrected chi connectivity index (χ1v) is 6.58. The summed E-state index contributed by atoms with van der Waals surface area (Å²) in [6.45, 7) is 0. The van der Waals surface area contributed by atoms with E-state index in [1.807, 2.05) is 41.3 Å². The molecular weight excluding hydrogens is 265 g/mol. The molecule has 1 aliphatic heterocycles. The highest BCUT2D eigenvalue weighted by Gasteiger charge is 2.21. The Morgan fingerprint density at radius 1 is 0.722 bits per heavy atom. The lowest BCUT2D eigenvalue weighted by atomic mass is 10.1. The van der Waals surface area contributed by atoms with Crippen LogP contribution in [0.5, 0.6) is 0 Å². The Kier molecular flexibility index (Phi) is 3.02. The minimum atomic E-state index is -0.618. The highest BCUT2D eigenvalue weighted by atomic mass is 35.5. The Balaban J connectivity index is 2.27. The maximum absolute atomic E-state index is 6.15. The molecule has 3 heteroatoms. The first-order chi connectivity index (χ1) is 8.77. The van der Waals surface area contributed by atoms with Crippen LogP contribution in [0.1, 0.15) is 11.1 Å². The summed E-state index contributed by atoms with van der Waals surface area (Å²) < 4.78 is 0. The highest BCUT2D eigenvalue weighted by Crippen LogP contribution is 2.39. The monoisotopic (exact) mass is 275 g/mol. The van der Waals surface area contributed by atoms with Crippen molar-refractivity contribution in [1.82, 2.24) is 0 Å². The summed E-state index contributed by atoms with van der Waals surface area (Å²) in [5.41, 5.74) is 4.27. The zero-order valence-electron chi connectivity index (χ0n) is 9.55. The molecule has 0 spiro atoms. The average Bonchev–Trinajstić information content (AvgIpc) is 2.55. The lowest BCUT2D eigenvalue weighted by molar-refractivity contribution is 1.10. The van der Waals surface area contributed by atoms with Gasteiger partial charge in [0.05, 0.1) is 11.4 Å². The van der Waals surface area contributed by atoms with Gasteiger partial charge in [-0.3, -0.25) is 0 Å². The number of hydrogen-bond acceptors (Lipinski definition) is 1. The van der Waals surface area contributed by atoms with Crippen molar-refractivity contribution in [2.75, 3.05) is 4.90 Å². The molecule has 3 rings (SSSR count). The van der Waals surface area contributed by atoms with E-state index in [0.29, 0.717) is 0 Å². The van der Waals surface area contributed by atoms with Gasteiger partial charge in [0.1, 0.15) is 0 Å². The second-order valence-corrected chi connectivity index (χ2v) is 5.15. The van der Waals surface area contributed by atoms with E-state index in [2.05, 4.69) is 24.3 Å². The Labute approximate surface area is 116 Å². The van der Waals surface area contributed by atoms with Gasteiger partial charge in [0.2, 0.25) is 0 Å². The maximum atomic E-state index is 6.15. The third kappa shape index (κ3) is 1.90. The number of benzene rings is 2. The van der Waals surface area contributed by atoms with Gasteiger partial charge in [0.15, 0.2) is 4.96 Å². The summed E-state index contributed by atoms with van der Waals surface area (Å²) in [4.78, 5) is 1.32. The molecule has 0 saturated carbocycles. The summed E-state index contributed by atoms with van der Waals surface area (Å²) in [6.07, 6.45) is 4.18. The summed E-state index contributed by atoms with van der Waals surface area (Å²) >= 11 is 12.3. The van der Waals surface area contributed by atoms with E-state index in [-0.39, 0.29) is 0 Å². The van der Waals surface area contributed by atoms with Crippen LogP contribution in [0.25, 0.3) is 12.2 Å². The summed E-state index contributed by atoms with van der Waals surface area (Å²) in [5.74, 6) is 0. The molecule has 1 aliphatic rings. The van der Waals surface area contributed by atoms with Gasteiger partial charge in [0, 0.05) is 0 Å². The van der Waals surface area contributed by atoms with Crippen molar-refractivity contribution < 1.29 is 0 Å². The van der Waals surface area contributed by atoms with Crippen molar-refractivity contribution >= 4 is 46.7 Å². The highest BCUT2D eigenvalue weighted by molar-refractivity contribution is 6.46. The minimum Gasteiger partial charge on any atom is -0.311 e. The van der Waals surface area contributed by atoms with E-state index in [0.717, 1.165) is 22.5 Å². The van der Waals surface area contributed by atoms with Crippen molar-refractivity contribution in [3.05, 3.63) is 59.7 Å². The normalized spacial score (nSPS) is 13.2. The van der Waals surface area contributed by atoms with Gasteiger partial charge in [-0.15, -0.1) is 0 Å². The van der Waals surface area contributed by atoms with Crippen LogP contribution in [0.4, 0.5) is 11.4 Å². The first-order valence-electron chi connectivity index (χ1n) is 5.71. The second-order valence-electron chi connectivity index (χ2n) is 4.10. The summed E-state index contributed by atoms with van der Waals surface area (Å²) in [5, 5.41) is 0. The number of halogens is 2. The zero-order chi connectivity index (χ0) is 12.5. The van der Waals surface area contributed by atoms with Crippen LogP contribution in [-0.2, 0) is 0 Å². The number of alkyl halides is 2. The third-order valence-corrected chi connectivity index (χ3v) is 3.42. The fourth-order valence-electron chi connectivity index (χ4n) is 2.22. The average molecular weight is 276 g/mol. The lowest BCUT2D eigenvalue weighted by Crippen LogP contribution is -2.22. The first kappa shape index (κ1) is 11.6. The largest absolute Gasteiger partial charge is 0.311 e. The van der Waals surface area contributed by atoms with E-state index in [1.165, 1.54) is 0 Å². The Morgan fingerprint density at radius 2 is 1.17 bits per heavy atom. The molecular formula is C15H11Cl2N. The molecule has 90 valence electrons. The summed E-state index contributed by atoms with van der Waals surface area (Å²) in [7, 11) is 0. The van der Waals surface area contributed by atoms with E-state index in [4.69, 9.17) is 23.2 Å². The lowest BCUT2D eigenvalue weighted by Gasteiger charge is -2.27. The van der Waals surface area contributed by atoms with Gasteiger partial charge >= 0.3 is 0 Å². The van der Waals surface area contributed by atoms with Crippen LogP contribution in [0.3, 0.4) is 0 Å². The number of anilines is 2. The van der Waals surface area contributed by atoms with E-state index in [1.54, 1.807) is 0 Å². The number of fused-ring (bicyclic) bond motifs is 2. The van der Waals surface area contributed by atoms with Crippen molar-refractivity contribution in [3.8, 4) is 0 Å². The van der Waals surface area contributed by atoms with Gasteiger partial charge in [-0.2, -0.15) is 0 Å². The van der Waals surface area contributed by atoms with Crippen LogP contribution in [-0.4, -0.2) is 4.96 Å². The Hall–Kier alpha value is -1.44. The molecule has 0 N–H and O–H groups in total. The van der Waals surface area contributed by atoms with Crippen molar-refractivity contribution in [3.63, 3.8) is 0 Å².